The van der Waals surface area contributed by atoms with Crippen LogP contribution in [0.25, 0.3) is 0 Å². The summed E-state index contributed by atoms with van der Waals surface area (Å²) in [4.78, 5) is 11.7. The van der Waals surface area contributed by atoms with Crippen LogP contribution in [0.4, 0.5) is 10.5 Å². The van der Waals surface area contributed by atoms with Gasteiger partial charge in [0, 0.05) is 0 Å². The quantitative estimate of drug-likeness (QED) is 0.757. The van der Waals surface area contributed by atoms with Gasteiger partial charge < -0.3 is 5.32 Å². The Morgan fingerprint density at radius 3 is 2.04 bits per heavy atom. The number of anilines is 1. The number of carbonyl (C=O) groups is 1. The normalized spacial score (nSPS) is 11.1. The first-order valence-electron chi connectivity index (χ1n) is 5.93. The molecule has 0 aromatic heterocycles. The molecule has 2 aromatic rings. The van der Waals surface area contributed by atoms with Crippen molar-refractivity contribution in [1.29, 1.82) is 0 Å². The average molecular weight is 414 g/mol. The molecule has 0 aliphatic heterocycles. The van der Waals surface area contributed by atoms with Crippen LogP contribution in [0, 0.1) is 0 Å². The van der Waals surface area contributed by atoms with Gasteiger partial charge in [0.25, 0.3) is 10.0 Å². The Bertz CT molecular complexity index is 851. The van der Waals surface area contributed by atoms with Crippen LogP contribution >= 0.6 is 46.4 Å². The summed E-state index contributed by atoms with van der Waals surface area (Å²) in [6.45, 7) is 0. The fourth-order valence-corrected chi connectivity index (χ4v) is 3.37. The minimum Gasteiger partial charge on any atom is -0.304 e. The molecular formula is C13H8Cl4N2O3S. The number of urea groups is 1. The van der Waals surface area contributed by atoms with Crippen LogP contribution in [-0.4, -0.2) is 14.4 Å². The number of amides is 2. The molecule has 2 N–H and O–H groups in total. The van der Waals surface area contributed by atoms with Crippen LogP contribution in [-0.2, 0) is 10.0 Å². The van der Waals surface area contributed by atoms with E-state index in [0.29, 0.717) is 0 Å². The molecule has 2 amide bonds. The summed E-state index contributed by atoms with van der Waals surface area (Å²) < 4.78 is 26.1. The first-order valence-corrected chi connectivity index (χ1v) is 8.93. The van der Waals surface area contributed by atoms with E-state index < -0.39 is 16.1 Å². The van der Waals surface area contributed by atoms with E-state index in [1.54, 1.807) is 6.07 Å². The van der Waals surface area contributed by atoms with Crippen LogP contribution in [0.15, 0.2) is 41.3 Å². The maximum Gasteiger partial charge on any atom is 0.333 e. The molecule has 122 valence electrons. The SMILES string of the molecule is O=C(Nc1c(Cl)cccc1Cl)NS(=O)(=O)c1ccc(Cl)c(Cl)c1. The van der Waals surface area contributed by atoms with Crippen LogP contribution in [0.5, 0.6) is 0 Å². The highest BCUT2D eigenvalue weighted by Gasteiger charge is 2.20. The zero-order chi connectivity index (χ0) is 17.2. The zero-order valence-corrected chi connectivity index (χ0v) is 14.9. The molecule has 23 heavy (non-hydrogen) atoms. The predicted molar refractivity (Wildman–Crippen MR) is 92.3 cm³/mol. The molecule has 0 spiro atoms. The molecule has 5 nitrogen and oxygen atoms in total. The van der Waals surface area contributed by atoms with E-state index in [-0.39, 0.29) is 30.7 Å². The van der Waals surface area contributed by atoms with E-state index in [2.05, 4.69) is 5.32 Å². The lowest BCUT2D eigenvalue weighted by molar-refractivity contribution is 0.256. The monoisotopic (exact) mass is 412 g/mol. The van der Waals surface area contributed by atoms with Crippen molar-refractivity contribution in [2.75, 3.05) is 5.32 Å². The first kappa shape index (κ1) is 18.2. The number of hydrogen-bond acceptors (Lipinski definition) is 3. The Hall–Kier alpha value is -1.18. The van der Waals surface area contributed by atoms with E-state index in [0.717, 1.165) is 6.07 Å². The number of rotatable bonds is 3. The van der Waals surface area contributed by atoms with Gasteiger partial charge in [0.1, 0.15) is 0 Å². The van der Waals surface area contributed by atoms with Crippen LogP contribution in [0.3, 0.4) is 0 Å². The molecule has 0 atom stereocenters. The van der Waals surface area contributed by atoms with Gasteiger partial charge in [-0.15, -0.1) is 0 Å². The topological polar surface area (TPSA) is 75.3 Å². The number of para-hydroxylation sites is 1. The Kier molecular flexibility index (Phi) is 5.65. The van der Waals surface area contributed by atoms with Gasteiger partial charge >= 0.3 is 6.03 Å². The Balaban J connectivity index is 2.20. The Morgan fingerprint density at radius 2 is 1.48 bits per heavy atom. The van der Waals surface area contributed by atoms with Crippen molar-refractivity contribution in [3.05, 3.63) is 56.5 Å². The van der Waals surface area contributed by atoms with Crippen molar-refractivity contribution in [1.82, 2.24) is 4.72 Å². The summed E-state index contributed by atoms with van der Waals surface area (Å²) in [5.41, 5.74) is 0.0951. The minimum atomic E-state index is -4.14. The summed E-state index contributed by atoms with van der Waals surface area (Å²) in [6.07, 6.45) is 0. The highest BCUT2D eigenvalue weighted by atomic mass is 35.5. The largest absolute Gasteiger partial charge is 0.333 e. The second-order valence-corrected chi connectivity index (χ2v) is 7.54. The molecule has 0 aliphatic rings. The highest BCUT2D eigenvalue weighted by molar-refractivity contribution is 7.90. The molecule has 0 radical (unpaired) electrons. The van der Waals surface area contributed by atoms with E-state index >= 15 is 0 Å². The summed E-state index contributed by atoms with van der Waals surface area (Å²) in [6, 6.07) is 7.20. The van der Waals surface area contributed by atoms with Crippen molar-refractivity contribution >= 4 is 68.1 Å². The molecular weight excluding hydrogens is 406 g/mol. The van der Waals surface area contributed by atoms with E-state index in [4.69, 9.17) is 46.4 Å². The number of benzene rings is 2. The third-order valence-corrected chi connectivity index (χ3v) is 5.33. The summed E-state index contributed by atoms with van der Waals surface area (Å²) in [5, 5.41) is 2.85. The van der Waals surface area contributed by atoms with Crippen molar-refractivity contribution in [2.24, 2.45) is 0 Å². The molecule has 0 fully saturated rings. The molecule has 2 aromatic carbocycles. The lowest BCUT2D eigenvalue weighted by atomic mass is 10.3. The standard InChI is InChI=1S/C13H8Cl4N2O3S/c14-8-5-4-7(6-11(8)17)23(21,22)19-13(20)18-12-9(15)2-1-3-10(12)16/h1-6H,(H2,18,19,20). The lowest BCUT2D eigenvalue weighted by Gasteiger charge is -2.11. The third kappa shape index (κ3) is 4.43. The van der Waals surface area contributed by atoms with Crippen molar-refractivity contribution < 1.29 is 13.2 Å². The van der Waals surface area contributed by atoms with Crippen LogP contribution in [0.1, 0.15) is 0 Å². The molecule has 2 rings (SSSR count). The summed E-state index contributed by atoms with van der Waals surface area (Å²) >= 11 is 23.3. The fraction of sp³-hybridized carbons (Fsp3) is 0. The molecule has 0 saturated carbocycles. The zero-order valence-electron chi connectivity index (χ0n) is 11.1. The van der Waals surface area contributed by atoms with Crippen molar-refractivity contribution in [3.8, 4) is 0 Å². The first-order chi connectivity index (χ1) is 10.7. The smallest absolute Gasteiger partial charge is 0.304 e. The van der Waals surface area contributed by atoms with Gasteiger partial charge in [0.05, 0.1) is 30.7 Å². The van der Waals surface area contributed by atoms with Gasteiger partial charge in [0.2, 0.25) is 0 Å². The Morgan fingerprint density at radius 1 is 0.870 bits per heavy atom. The maximum absolute atomic E-state index is 12.1. The highest BCUT2D eigenvalue weighted by Crippen LogP contribution is 2.30. The molecule has 0 saturated heterocycles. The average Bonchev–Trinajstić information content (AvgIpc) is 2.45. The second kappa shape index (κ2) is 7.15. The van der Waals surface area contributed by atoms with Crippen molar-refractivity contribution in [3.63, 3.8) is 0 Å². The third-order valence-electron chi connectivity index (χ3n) is 2.63. The lowest BCUT2D eigenvalue weighted by Crippen LogP contribution is -2.34. The van der Waals surface area contributed by atoms with Gasteiger partial charge in [-0.3, -0.25) is 0 Å². The van der Waals surface area contributed by atoms with Crippen LogP contribution in [0.2, 0.25) is 20.1 Å². The number of sulfonamides is 1. The van der Waals surface area contributed by atoms with E-state index in [1.165, 1.54) is 24.3 Å². The van der Waals surface area contributed by atoms with Gasteiger partial charge in [0.15, 0.2) is 0 Å². The number of hydrogen-bond donors (Lipinski definition) is 2. The molecule has 0 heterocycles. The number of halogens is 4. The van der Waals surface area contributed by atoms with Crippen molar-refractivity contribution in [2.45, 2.75) is 4.90 Å². The number of carbonyl (C=O) groups excluding carboxylic acids is 1. The predicted octanol–water partition coefficient (Wildman–Crippen LogP) is 4.81. The van der Waals surface area contributed by atoms with Gasteiger partial charge in [-0.2, -0.15) is 0 Å². The van der Waals surface area contributed by atoms with Gasteiger partial charge in [-0.05, 0) is 30.3 Å². The fourth-order valence-electron chi connectivity index (χ4n) is 1.58. The Labute approximate surface area is 152 Å². The maximum atomic E-state index is 12.1. The van der Waals surface area contributed by atoms with E-state index in [9.17, 15) is 13.2 Å². The molecule has 0 aliphatic carbocycles. The molecule has 10 heteroatoms. The van der Waals surface area contributed by atoms with Crippen LogP contribution < -0.4 is 10.0 Å². The summed E-state index contributed by atoms with van der Waals surface area (Å²) in [7, 11) is -4.14. The summed E-state index contributed by atoms with van der Waals surface area (Å²) in [5.74, 6) is 0. The molecule has 0 bridgehead atoms. The minimum absolute atomic E-state index is 0.0455. The number of nitrogens with one attached hydrogen (secondary N) is 2. The van der Waals surface area contributed by atoms with Gasteiger partial charge in [-0.25, -0.2) is 17.9 Å². The second-order valence-electron chi connectivity index (χ2n) is 4.23. The van der Waals surface area contributed by atoms with Gasteiger partial charge in [-0.1, -0.05) is 52.5 Å². The molecule has 0 unspecified atom stereocenters. The van der Waals surface area contributed by atoms with E-state index in [1.807, 2.05) is 4.72 Å².